The number of aryl methyl sites for hydroxylation is 1. The number of aromatic nitrogens is 2. The van der Waals surface area contributed by atoms with Crippen LogP contribution < -0.4 is 5.56 Å². The minimum absolute atomic E-state index is 0.0129. The van der Waals surface area contributed by atoms with E-state index < -0.39 is 0 Å². The molecule has 3 nitrogen and oxygen atoms in total. The van der Waals surface area contributed by atoms with E-state index in [-0.39, 0.29) is 5.56 Å². The van der Waals surface area contributed by atoms with E-state index in [0.29, 0.717) is 10.9 Å². The lowest BCUT2D eigenvalue weighted by Crippen LogP contribution is -2.21. The van der Waals surface area contributed by atoms with E-state index in [0.717, 1.165) is 25.1 Å². The second-order valence-corrected chi connectivity index (χ2v) is 4.58. The summed E-state index contributed by atoms with van der Waals surface area (Å²) in [5.74, 6) is 1.48. The third-order valence-corrected chi connectivity index (χ3v) is 3.18. The fourth-order valence-corrected chi connectivity index (χ4v) is 2.32. The van der Waals surface area contributed by atoms with Crippen LogP contribution >= 0.6 is 23.4 Å². The van der Waals surface area contributed by atoms with Gasteiger partial charge in [-0.3, -0.25) is 4.79 Å². The van der Waals surface area contributed by atoms with Gasteiger partial charge in [0.1, 0.15) is 0 Å². The first kappa shape index (κ1) is 12.6. The zero-order valence-electron chi connectivity index (χ0n) is 8.78. The summed E-state index contributed by atoms with van der Waals surface area (Å²) in [7, 11) is 0. The van der Waals surface area contributed by atoms with Crippen LogP contribution in [0.3, 0.4) is 0 Å². The van der Waals surface area contributed by atoms with Gasteiger partial charge in [-0.25, -0.2) is 4.98 Å². The average Bonchev–Trinajstić information content (AvgIpc) is 2.24. The maximum Gasteiger partial charge on any atom is 0.283 e. The molecule has 0 atom stereocenters. The quantitative estimate of drug-likeness (QED) is 0.439. The highest BCUT2D eigenvalue weighted by atomic mass is 35.5. The van der Waals surface area contributed by atoms with E-state index in [9.17, 15) is 4.79 Å². The summed E-state index contributed by atoms with van der Waals surface area (Å²) >= 11 is 7.05. The van der Waals surface area contributed by atoms with Crippen molar-refractivity contribution in [1.29, 1.82) is 0 Å². The summed E-state index contributed by atoms with van der Waals surface area (Å²) in [6.07, 6.45) is 5.27. The van der Waals surface area contributed by atoms with Crippen LogP contribution in [-0.2, 0) is 6.54 Å². The molecule has 0 aromatic carbocycles. The molecule has 0 aliphatic heterocycles. The Bertz CT molecular complexity index is 354. The fourth-order valence-electron chi connectivity index (χ4n) is 1.17. The zero-order valence-corrected chi connectivity index (χ0v) is 10.4. The van der Waals surface area contributed by atoms with Crippen molar-refractivity contribution in [1.82, 2.24) is 9.55 Å². The van der Waals surface area contributed by atoms with Gasteiger partial charge in [0.25, 0.3) is 5.56 Å². The van der Waals surface area contributed by atoms with E-state index in [2.05, 4.69) is 4.98 Å². The summed E-state index contributed by atoms with van der Waals surface area (Å²) in [5, 5.41) is 0.580. The summed E-state index contributed by atoms with van der Waals surface area (Å²) in [5.41, 5.74) is 0.0129. The van der Waals surface area contributed by atoms with Crippen molar-refractivity contribution in [3.8, 4) is 0 Å². The van der Waals surface area contributed by atoms with Gasteiger partial charge in [0.15, 0.2) is 5.03 Å². The first-order valence-electron chi connectivity index (χ1n) is 5.03. The molecule has 1 rings (SSSR count). The van der Waals surface area contributed by atoms with Gasteiger partial charge in [-0.1, -0.05) is 6.92 Å². The molecular formula is C10H15ClN2OS. The van der Waals surface area contributed by atoms with Gasteiger partial charge in [-0.05, 0) is 12.8 Å². The fraction of sp³-hybridized carbons (Fsp3) is 0.600. The van der Waals surface area contributed by atoms with Crippen molar-refractivity contribution >= 4 is 23.4 Å². The molecule has 0 saturated heterocycles. The molecule has 0 N–H and O–H groups in total. The van der Waals surface area contributed by atoms with Gasteiger partial charge in [-0.2, -0.15) is 0 Å². The highest BCUT2D eigenvalue weighted by Gasteiger charge is 2.04. The van der Waals surface area contributed by atoms with Crippen LogP contribution in [0, 0.1) is 0 Å². The van der Waals surface area contributed by atoms with Gasteiger partial charge < -0.3 is 4.57 Å². The molecule has 15 heavy (non-hydrogen) atoms. The number of hydrogen-bond acceptors (Lipinski definition) is 3. The molecule has 0 spiro atoms. The molecule has 0 radical (unpaired) electrons. The van der Waals surface area contributed by atoms with Crippen LogP contribution in [0.2, 0.25) is 0 Å². The summed E-state index contributed by atoms with van der Waals surface area (Å²) in [6, 6.07) is 0. The normalized spacial score (nSPS) is 10.5. The van der Waals surface area contributed by atoms with E-state index in [1.165, 1.54) is 11.8 Å². The topological polar surface area (TPSA) is 34.9 Å². The predicted molar refractivity (Wildman–Crippen MR) is 64.8 cm³/mol. The maximum absolute atomic E-state index is 11.8. The monoisotopic (exact) mass is 246 g/mol. The lowest BCUT2D eigenvalue weighted by Gasteiger charge is -2.04. The minimum Gasteiger partial charge on any atom is -0.312 e. The van der Waals surface area contributed by atoms with Crippen molar-refractivity contribution in [3.63, 3.8) is 0 Å². The van der Waals surface area contributed by atoms with Crippen LogP contribution in [0.1, 0.15) is 19.8 Å². The SMILES string of the molecule is CCCn1ccnc(SCCCCl)c1=O. The highest BCUT2D eigenvalue weighted by Crippen LogP contribution is 2.11. The molecule has 0 aliphatic carbocycles. The molecule has 5 heteroatoms. The smallest absolute Gasteiger partial charge is 0.283 e. The third-order valence-electron chi connectivity index (χ3n) is 1.86. The van der Waals surface area contributed by atoms with Crippen LogP contribution in [0.25, 0.3) is 0 Å². The second kappa shape index (κ2) is 6.90. The Hall–Kier alpha value is -0.480. The average molecular weight is 247 g/mol. The number of thioether (sulfide) groups is 1. The van der Waals surface area contributed by atoms with Gasteiger partial charge in [0.05, 0.1) is 0 Å². The van der Waals surface area contributed by atoms with Gasteiger partial charge >= 0.3 is 0 Å². The minimum atomic E-state index is 0.0129. The van der Waals surface area contributed by atoms with Crippen molar-refractivity contribution in [2.45, 2.75) is 31.3 Å². The Morgan fingerprint density at radius 3 is 3.07 bits per heavy atom. The maximum atomic E-state index is 11.8. The number of rotatable bonds is 6. The zero-order chi connectivity index (χ0) is 11.1. The summed E-state index contributed by atoms with van der Waals surface area (Å²) in [6.45, 7) is 2.80. The molecule has 0 aliphatic rings. The van der Waals surface area contributed by atoms with Crippen LogP contribution in [0.15, 0.2) is 22.2 Å². The number of hydrogen-bond donors (Lipinski definition) is 0. The van der Waals surface area contributed by atoms with Crippen LogP contribution in [0.4, 0.5) is 0 Å². The molecule has 1 aromatic heterocycles. The van der Waals surface area contributed by atoms with Crippen molar-refractivity contribution in [3.05, 3.63) is 22.7 Å². The Balaban J connectivity index is 2.71. The third kappa shape index (κ3) is 3.87. The van der Waals surface area contributed by atoms with E-state index >= 15 is 0 Å². The van der Waals surface area contributed by atoms with Crippen molar-refractivity contribution in [2.24, 2.45) is 0 Å². The standard InChI is InChI=1S/C10H15ClN2OS/c1-2-6-13-7-5-12-9(10(13)14)15-8-3-4-11/h5,7H,2-4,6,8H2,1H3. The van der Waals surface area contributed by atoms with Crippen molar-refractivity contribution < 1.29 is 0 Å². The Morgan fingerprint density at radius 2 is 2.40 bits per heavy atom. The molecule has 0 amide bonds. The van der Waals surface area contributed by atoms with Gasteiger partial charge in [0, 0.05) is 30.6 Å². The van der Waals surface area contributed by atoms with E-state index in [1.54, 1.807) is 17.0 Å². The van der Waals surface area contributed by atoms with Crippen molar-refractivity contribution in [2.75, 3.05) is 11.6 Å². The van der Waals surface area contributed by atoms with E-state index in [4.69, 9.17) is 11.6 Å². The molecule has 0 bridgehead atoms. The number of nitrogens with zero attached hydrogens (tertiary/aromatic N) is 2. The second-order valence-electron chi connectivity index (χ2n) is 3.12. The van der Waals surface area contributed by atoms with Gasteiger partial charge in [-0.15, -0.1) is 23.4 Å². The largest absolute Gasteiger partial charge is 0.312 e. The molecule has 0 saturated carbocycles. The van der Waals surface area contributed by atoms with Gasteiger partial charge in [0.2, 0.25) is 0 Å². The van der Waals surface area contributed by atoms with Crippen LogP contribution in [0.5, 0.6) is 0 Å². The number of alkyl halides is 1. The summed E-state index contributed by atoms with van der Waals surface area (Å²) in [4.78, 5) is 15.9. The predicted octanol–water partition coefficient (Wildman–Crippen LogP) is 2.37. The Labute approximate surface area is 98.9 Å². The molecule has 1 heterocycles. The van der Waals surface area contributed by atoms with Crippen LogP contribution in [-0.4, -0.2) is 21.2 Å². The first-order chi connectivity index (χ1) is 7.29. The first-order valence-corrected chi connectivity index (χ1v) is 6.55. The molecule has 0 unspecified atom stereocenters. The summed E-state index contributed by atoms with van der Waals surface area (Å²) < 4.78 is 1.70. The lowest BCUT2D eigenvalue weighted by atomic mass is 10.5. The lowest BCUT2D eigenvalue weighted by molar-refractivity contribution is 0.632. The Morgan fingerprint density at radius 1 is 1.60 bits per heavy atom. The van der Waals surface area contributed by atoms with E-state index in [1.807, 2.05) is 6.92 Å². The molecule has 1 aromatic rings. The molecule has 0 fully saturated rings. The Kier molecular flexibility index (Phi) is 5.79. The highest BCUT2D eigenvalue weighted by molar-refractivity contribution is 7.99. The molecule has 84 valence electrons. The number of halogens is 1. The molecular weight excluding hydrogens is 232 g/mol.